The number of hydrogen-bond donors (Lipinski definition) is 1. The fraction of sp³-hybridized carbons (Fsp3) is 0.452. The minimum atomic E-state index is -4.33. The van der Waals surface area contributed by atoms with E-state index in [2.05, 4.69) is 20.1 Å². The Morgan fingerprint density at radius 2 is 1.43 bits per heavy atom. The number of pyridine rings is 1. The minimum Gasteiger partial charge on any atom is -0.489 e. The maximum Gasteiger partial charge on any atom is 0.416 e. The predicted molar refractivity (Wildman–Crippen MR) is 150 cm³/mol. The van der Waals surface area contributed by atoms with Crippen LogP contribution in [0.15, 0.2) is 67.0 Å². The molecule has 0 spiro atoms. The molecule has 42 heavy (non-hydrogen) atoms. The van der Waals surface area contributed by atoms with Crippen LogP contribution in [0, 0.1) is 0 Å². The smallest absolute Gasteiger partial charge is 0.416 e. The van der Waals surface area contributed by atoms with Crippen LogP contribution in [0.25, 0.3) is 0 Å². The number of piperazine rings is 1. The van der Waals surface area contributed by atoms with Gasteiger partial charge in [0.15, 0.2) is 0 Å². The maximum atomic E-state index is 12.8. The molecule has 1 N–H and O–H groups in total. The lowest BCUT2D eigenvalue weighted by Gasteiger charge is -2.36. The predicted octanol–water partition coefficient (Wildman–Crippen LogP) is 7.33. The van der Waals surface area contributed by atoms with Crippen LogP contribution < -0.4 is 15.0 Å². The molecule has 5 rings (SSSR count). The number of hydrogen-bond acceptors (Lipinski definition) is 5. The summed E-state index contributed by atoms with van der Waals surface area (Å²) >= 11 is 0. The number of nitrogens with one attached hydrogen (secondary N) is 1. The average molecular weight is 593 g/mol. The molecule has 0 amide bonds. The molecule has 0 unspecified atom stereocenters. The van der Waals surface area contributed by atoms with Gasteiger partial charge in [0.05, 0.1) is 36.2 Å². The van der Waals surface area contributed by atoms with E-state index in [0.717, 1.165) is 86.7 Å². The Hall–Kier alpha value is -3.47. The lowest BCUT2D eigenvalue weighted by molar-refractivity contribution is -0.137. The Balaban J connectivity index is 1.05. The van der Waals surface area contributed by atoms with Crippen LogP contribution in [0.4, 0.5) is 37.7 Å². The summed E-state index contributed by atoms with van der Waals surface area (Å²) in [5.74, 6) is 0.719. The van der Waals surface area contributed by atoms with Crippen molar-refractivity contribution in [3.63, 3.8) is 0 Å². The van der Waals surface area contributed by atoms with Crippen molar-refractivity contribution in [1.82, 2.24) is 9.88 Å². The second-order valence-electron chi connectivity index (χ2n) is 11.1. The molecule has 11 heteroatoms. The maximum absolute atomic E-state index is 12.8. The molecule has 2 heterocycles. The number of aromatic nitrogens is 1. The van der Waals surface area contributed by atoms with E-state index in [0.29, 0.717) is 6.54 Å². The van der Waals surface area contributed by atoms with Gasteiger partial charge in [-0.25, -0.2) is 0 Å². The second kappa shape index (κ2) is 12.8. The summed E-state index contributed by atoms with van der Waals surface area (Å²) in [6.45, 7) is 3.73. The summed E-state index contributed by atoms with van der Waals surface area (Å²) in [7, 11) is 0. The monoisotopic (exact) mass is 592 g/mol. The van der Waals surface area contributed by atoms with Crippen LogP contribution in [0.3, 0.4) is 0 Å². The number of rotatable bonds is 8. The molecule has 1 aliphatic carbocycles. The van der Waals surface area contributed by atoms with Gasteiger partial charge in [0.2, 0.25) is 0 Å². The molecular formula is C31H34F6N4O. The van der Waals surface area contributed by atoms with Crippen LogP contribution >= 0.6 is 0 Å². The molecular weight excluding hydrogens is 558 g/mol. The highest BCUT2D eigenvalue weighted by Gasteiger charge is 2.30. The first-order valence-corrected chi connectivity index (χ1v) is 14.2. The topological polar surface area (TPSA) is 40.6 Å². The van der Waals surface area contributed by atoms with E-state index >= 15 is 0 Å². The van der Waals surface area contributed by atoms with Gasteiger partial charge in [-0.2, -0.15) is 26.3 Å². The van der Waals surface area contributed by atoms with Crippen LogP contribution in [-0.4, -0.2) is 54.4 Å². The summed E-state index contributed by atoms with van der Waals surface area (Å²) in [5.41, 5.74) is 2.28. The van der Waals surface area contributed by atoms with Crippen molar-refractivity contribution in [1.29, 1.82) is 0 Å². The number of ether oxygens (including phenoxy) is 1. The fourth-order valence-electron chi connectivity index (χ4n) is 5.57. The zero-order valence-corrected chi connectivity index (χ0v) is 23.1. The summed E-state index contributed by atoms with van der Waals surface area (Å²) in [5, 5.41) is 3.43. The van der Waals surface area contributed by atoms with Crippen LogP contribution in [0.1, 0.15) is 42.4 Å². The Bertz CT molecular complexity index is 1280. The molecule has 2 aromatic carbocycles. The molecule has 226 valence electrons. The van der Waals surface area contributed by atoms with Gasteiger partial charge in [0.1, 0.15) is 5.75 Å². The summed E-state index contributed by atoms with van der Waals surface area (Å²) in [6, 6.07) is 14.0. The molecule has 1 saturated heterocycles. The zero-order chi connectivity index (χ0) is 29.7. The van der Waals surface area contributed by atoms with E-state index in [1.807, 2.05) is 12.3 Å². The fourth-order valence-corrected chi connectivity index (χ4v) is 5.57. The Labute approximate surface area is 241 Å². The minimum absolute atomic E-state index is 0.0647. The normalized spacial score (nSPS) is 20.4. The summed E-state index contributed by atoms with van der Waals surface area (Å²) in [6.07, 6.45) is -2.36. The molecule has 2 aliphatic rings. The van der Waals surface area contributed by atoms with Crippen molar-refractivity contribution < 1.29 is 31.1 Å². The van der Waals surface area contributed by atoms with Gasteiger partial charge in [-0.1, -0.05) is 24.3 Å². The van der Waals surface area contributed by atoms with Crippen LogP contribution in [0.5, 0.6) is 5.75 Å². The van der Waals surface area contributed by atoms with Gasteiger partial charge in [-0.15, -0.1) is 0 Å². The summed E-state index contributed by atoms with van der Waals surface area (Å²) in [4.78, 5) is 8.86. The van der Waals surface area contributed by atoms with Gasteiger partial charge in [0.25, 0.3) is 0 Å². The van der Waals surface area contributed by atoms with Gasteiger partial charge in [-0.3, -0.25) is 9.88 Å². The third-order valence-electron chi connectivity index (χ3n) is 7.83. The summed E-state index contributed by atoms with van der Waals surface area (Å²) < 4.78 is 82.5. The third kappa shape index (κ3) is 8.53. The van der Waals surface area contributed by atoms with E-state index < -0.39 is 24.3 Å². The van der Waals surface area contributed by atoms with E-state index in [4.69, 9.17) is 4.74 Å². The number of benzene rings is 2. The molecule has 1 saturated carbocycles. The van der Waals surface area contributed by atoms with Crippen molar-refractivity contribution >= 4 is 11.4 Å². The van der Waals surface area contributed by atoms with Crippen LogP contribution in [-0.2, 0) is 19.1 Å². The highest BCUT2D eigenvalue weighted by Crippen LogP contribution is 2.30. The van der Waals surface area contributed by atoms with Crippen molar-refractivity contribution in [2.24, 2.45) is 0 Å². The molecule has 1 aliphatic heterocycles. The molecule has 0 bridgehead atoms. The Kier molecular flexibility index (Phi) is 9.15. The third-order valence-corrected chi connectivity index (χ3v) is 7.83. The molecule has 0 atom stereocenters. The van der Waals surface area contributed by atoms with Crippen molar-refractivity contribution in [3.8, 4) is 5.75 Å². The van der Waals surface area contributed by atoms with E-state index in [-0.39, 0.29) is 17.7 Å². The van der Waals surface area contributed by atoms with E-state index in [1.54, 1.807) is 30.5 Å². The first-order chi connectivity index (χ1) is 20.0. The number of halogens is 6. The quantitative estimate of drug-likeness (QED) is 0.278. The highest BCUT2D eigenvalue weighted by molar-refractivity contribution is 5.49. The number of nitrogens with zero attached hydrogens (tertiary/aromatic N) is 3. The molecule has 0 radical (unpaired) electrons. The van der Waals surface area contributed by atoms with Crippen molar-refractivity contribution in [2.45, 2.75) is 63.1 Å². The Morgan fingerprint density at radius 3 is 2.05 bits per heavy atom. The SMILES string of the molecule is FC(F)(F)Cc1ccc(NC2CCC(Oc3cncc(N4CCN(Cc5ccc(C(F)(F)F)cc5)CC4)c3)CC2)cc1. The molecule has 1 aromatic heterocycles. The van der Waals surface area contributed by atoms with Gasteiger partial charge < -0.3 is 15.0 Å². The second-order valence-corrected chi connectivity index (χ2v) is 11.1. The average Bonchev–Trinajstić information content (AvgIpc) is 2.95. The molecule has 3 aromatic rings. The first-order valence-electron chi connectivity index (χ1n) is 14.2. The van der Waals surface area contributed by atoms with Crippen molar-refractivity contribution in [2.75, 3.05) is 36.4 Å². The van der Waals surface area contributed by atoms with Crippen molar-refractivity contribution in [3.05, 3.63) is 83.7 Å². The highest BCUT2D eigenvalue weighted by atomic mass is 19.4. The number of anilines is 2. The standard InChI is InChI=1S/C31H34F6N4O/c32-30(33,34)18-22-3-7-25(8-4-22)39-26-9-11-28(12-10-26)42-29-17-27(19-38-20-29)41-15-13-40(14-16-41)21-23-1-5-24(6-2-23)31(35,36)37/h1-8,17,19-20,26,28,39H,9-16,18,21H2. The number of alkyl halides is 6. The molecule has 2 fully saturated rings. The molecule has 5 nitrogen and oxygen atoms in total. The van der Waals surface area contributed by atoms with Crippen LogP contribution in [0.2, 0.25) is 0 Å². The van der Waals surface area contributed by atoms with Gasteiger partial charge >= 0.3 is 12.4 Å². The Morgan fingerprint density at radius 1 is 0.786 bits per heavy atom. The van der Waals surface area contributed by atoms with E-state index in [1.165, 1.54) is 12.1 Å². The first kappa shape index (κ1) is 30.0. The van der Waals surface area contributed by atoms with Gasteiger partial charge in [0, 0.05) is 50.5 Å². The lowest BCUT2D eigenvalue weighted by atomic mass is 9.92. The zero-order valence-electron chi connectivity index (χ0n) is 23.1. The lowest BCUT2D eigenvalue weighted by Crippen LogP contribution is -2.46. The largest absolute Gasteiger partial charge is 0.489 e. The van der Waals surface area contributed by atoms with E-state index in [9.17, 15) is 26.3 Å². The van der Waals surface area contributed by atoms with Gasteiger partial charge in [-0.05, 0) is 61.1 Å².